The second kappa shape index (κ2) is 6.52. The summed E-state index contributed by atoms with van der Waals surface area (Å²) >= 11 is 1.43. The van der Waals surface area contributed by atoms with E-state index in [-0.39, 0.29) is 18.6 Å². The normalized spacial score (nSPS) is 12.5. The van der Waals surface area contributed by atoms with Crippen LogP contribution < -0.4 is 5.32 Å². The Labute approximate surface area is 138 Å². The van der Waals surface area contributed by atoms with E-state index in [2.05, 4.69) is 10.4 Å². The maximum absolute atomic E-state index is 12.6. The van der Waals surface area contributed by atoms with Crippen molar-refractivity contribution < 1.29 is 9.90 Å². The number of benzene rings is 1. The SMILES string of the molecule is Cc1nn(C)c2sc(C(=O)NC(CCO)c3ccccc3)cc12. The van der Waals surface area contributed by atoms with Gasteiger partial charge in [-0.25, -0.2) is 0 Å². The van der Waals surface area contributed by atoms with Gasteiger partial charge in [0.05, 0.1) is 16.6 Å². The standard InChI is InChI=1S/C17H19N3O2S/c1-11-13-10-15(23-17(13)20(2)19-11)16(22)18-14(8-9-21)12-6-4-3-5-7-12/h3-7,10,14,21H,8-9H2,1-2H3,(H,18,22). The topological polar surface area (TPSA) is 67.2 Å². The summed E-state index contributed by atoms with van der Waals surface area (Å²) in [5.41, 5.74) is 1.92. The van der Waals surface area contributed by atoms with E-state index in [1.165, 1.54) is 11.3 Å². The Morgan fingerprint density at radius 3 is 2.78 bits per heavy atom. The lowest BCUT2D eigenvalue weighted by Crippen LogP contribution is -2.28. The van der Waals surface area contributed by atoms with Crippen molar-refractivity contribution in [3.8, 4) is 0 Å². The molecular formula is C17H19N3O2S. The van der Waals surface area contributed by atoms with Crippen molar-refractivity contribution in [2.24, 2.45) is 7.05 Å². The third-order valence-electron chi connectivity index (χ3n) is 3.85. The average molecular weight is 329 g/mol. The number of aromatic nitrogens is 2. The zero-order valence-electron chi connectivity index (χ0n) is 13.1. The fraction of sp³-hybridized carbons (Fsp3) is 0.294. The van der Waals surface area contributed by atoms with Crippen molar-refractivity contribution in [3.63, 3.8) is 0 Å². The molecule has 23 heavy (non-hydrogen) atoms. The first-order valence-electron chi connectivity index (χ1n) is 7.50. The van der Waals surface area contributed by atoms with E-state index >= 15 is 0 Å². The first kappa shape index (κ1) is 15.7. The van der Waals surface area contributed by atoms with Crippen LogP contribution in [-0.4, -0.2) is 27.4 Å². The summed E-state index contributed by atoms with van der Waals surface area (Å²) in [4.78, 5) is 14.2. The van der Waals surface area contributed by atoms with Crippen molar-refractivity contribution in [1.29, 1.82) is 0 Å². The molecule has 0 bridgehead atoms. The van der Waals surface area contributed by atoms with Gasteiger partial charge in [-0.2, -0.15) is 5.10 Å². The van der Waals surface area contributed by atoms with Gasteiger partial charge in [0, 0.05) is 19.0 Å². The van der Waals surface area contributed by atoms with Crippen molar-refractivity contribution in [2.45, 2.75) is 19.4 Å². The third kappa shape index (κ3) is 3.13. The van der Waals surface area contributed by atoms with E-state index in [1.54, 1.807) is 4.68 Å². The van der Waals surface area contributed by atoms with Gasteiger partial charge in [0.25, 0.3) is 5.91 Å². The number of aliphatic hydroxyl groups excluding tert-OH is 1. The highest BCUT2D eigenvalue weighted by Gasteiger charge is 2.19. The molecule has 2 aromatic heterocycles. The molecule has 0 radical (unpaired) electrons. The largest absolute Gasteiger partial charge is 0.396 e. The van der Waals surface area contributed by atoms with Crippen LogP contribution in [0, 0.1) is 6.92 Å². The van der Waals surface area contributed by atoms with Crippen molar-refractivity contribution in [3.05, 3.63) is 52.5 Å². The van der Waals surface area contributed by atoms with Gasteiger partial charge >= 0.3 is 0 Å². The number of amides is 1. The first-order valence-corrected chi connectivity index (χ1v) is 8.31. The molecule has 1 unspecified atom stereocenters. The highest BCUT2D eigenvalue weighted by Crippen LogP contribution is 2.28. The molecule has 1 aromatic carbocycles. The Kier molecular flexibility index (Phi) is 4.45. The van der Waals surface area contributed by atoms with Crippen LogP contribution >= 0.6 is 11.3 Å². The number of hydrogen-bond acceptors (Lipinski definition) is 4. The lowest BCUT2D eigenvalue weighted by Gasteiger charge is -2.17. The predicted octanol–water partition coefficient (Wildman–Crippen LogP) is 2.80. The molecule has 6 heteroatoms. The summed E-state index contributed by atoms with van der Waals surface area (Å²) in [5.74, 6) is -0.118. The van der Waals surface area contributed by atoms with Gasteiger partial charge in [-0.15, -0.1) is 11.3 Å². The number of fused-ring (bicyclic) bond motifs is 1. The van der Waals surface area contributed by atoms with Crippen LogP contribution in [0.15, 0.2) is 36.4 Å². The smallest absolute Gasteiger partial charge is 0.261 e. The molecule has 2 heterocycles. The van der Waals surface area contributed by atoms with E-state index in [1.807, 2.05) is 50.4 Å². The van der Waals surface area contributed by atoms with Gasteiger partial charge in [0.1, 0.15) is 4.83 Å². The predicted molar refractivity (Wildman–Crippen MR) is 91.7 cm³/mol. The second-order valence-electron chi connectivity index (χ2n) is 5.49. The molecule has 3 rings (SSSR count). The Morgan fingerprint density at radius 1 is 1.39 bits per heavy atom. The number of aryl methyl sites for hydroxylation is 2. The zero-order valence-corrected chi connectivity index (χ0v) is 13.9. The number of carbonyl (C=O) groups excluding carboxylic acids is 1. The summed E-state index contributed by atoms with van der Waals surface area (Å²) in [6.45, 7) is 1.96. The number of nitrogens with one attached hydrogen (secondary N) is 1. The number of carbonyl (C=O) groups is 1. The lowest BCUT2D eigenvalue weighted by molar-refractivity contribution is 0.0934. The Hall–Kier alpha value is -2.18. The summed E-state index contributed by atoms with van der Waals surface area (Å²) in [5, 5.41) is 17.7. The second-order valence-corrected chi connectivity index (χ2v) is 6.52. The molecule has 0 saturated carbocycles. The van der Waals surface area contributed by atoms with Crippen LogP contribution in [0.4, 0.5) is 0 Å². The van der Waals surface area contributed by atoms with Crippen LogP contribution in [-0.2, 0) is 7.05 Å². The number of nitrogens with zero attached hydrogens (tertiary/aromatic N) is 2. The first-order chi connectivity index (χ1) is 11.1. The molecule has 0 fully saturated rings. The summed E-state index contributed by atoms with van der Waals surface area (Å²) in [6, 6.07) is 11.4. The average Bonchev–Trinajstić information content (AvgIpc) is 3.10. The van der Waals surface area contributed by atoms with Gasteiger partial charge in [-0.3, -0.25) is 9.48 Å². The maximum atomic E-state index is 12.6. The van der Waals surface area contributed by atoms with Crippen LogP contribution in [0.25, 0.3) is 10.2 Å². The van der Waals surface area contributed by atoms with Crippen molar-refractivity contribution >= 4 is 27.5 Å². The Balaban J connectivity index is 1.84. The van der Waals surface area contributed by atoms with Crippen LogP contribution in [0.3, 0.4) is 0 Å². The minimum absolute atomic E-state index is 0.0231. The number of hydrogen-bond donors (Lipinski definition) is 2. The van der Waals surface area contributed by atoms with Gasteiger partial charge in [0.15, 0.2) is 0 Å². The minimum atomic E-state index is -0.196. The highest BCUT2D eigenvalue weighted by molar-refractivity contribution is 7.20. The van der Waals surface area contributed by atoms with Gasteiger partial charge in [-0.1, -0.05) is 30.3 Å². The Morgan fingerprint density at radius 2 is 2.13 bits per heavy atom. The molecular weight excluding hydrogens is 310 g/mol. The van der Waals surface area contributed by atoms with E-state index in [9.17, 15) is 9.90 Å². The van der Waals surface area contributed by atoms with E-state index in [0.717, 1.165) is 21.5 Å². The Bertz CT molecular complexity index is 789. The zero-order chi connectivity index (χ0) is 16.4. The third-order valence-corrected chi connectivity index (χ3v) is 5.05. The van der Waals surface area contributed by atoms with E-state index in [0.29, 0.717) is 11.3 Å². The molecule has 2 N–H and O–H groups in total. The van der Waals surface area contributed by atoms with Crippen LogP contribution in [0.1, 0.15) is 33.4 Å². The van der Waals surface area contributed by atoms with Crippen molar-refractivity contribution in [1.82, 2.24) is 15.1 Å². The lowest BCUT2D eigenvalue weighted by atomic mass is 10.0. The minimum Gasteiger partial charge on any atom is -0.396 e. The quantitative estimate of drug-likeness (QED) is 0.756. The molecule has 5 nitrogen and oxygen atoms in total. The van der Waals surface area contributed by atoms with E-state index in [4.69, 9.17) is 0 Å². The molecule has 0 aliphatic carbocycles. The molecule has 1 atom stereocenters. The molecule has 3 aromatic rings. The van der Waals surface area contributed by atoms with E-state index < -0.39 is 0 Å². The molecule has 0 saturated heterocycles. The fourth-order valence-electron chi connectivity index (χ4n) is 2.68. The summed E-state index contributed by atoms with van der Waals surface area (Å²) < 4.78 is 1.80. The summed E-state index contributed by atoms with van der Waals surface area (Å²) in [6.07, 6.45) is 0.487. The molecule has 120 valence electrons. The maximum Gasteiger partial charge on any atom is 0.261 e. The molecule has 1 amide bonds. The number of aliphatic hydroxyl groups is 1. The molecule has 0 spiro atoms. The van der Waals surface area contributed by atoms with Gasteiger partial charge in [0.2, 0.25) is 0 Å². The van der Waals surface area contributed by atoms with Gasteiger partial charge < -0.3 is 10.4 Å². The summed E-state index contributed by atoms with van der Waals surface area (Å²) in [7, 11) is 1.88. The monoisotopic (exact) mass is 329 g/mol. The molecule has 0 aliphatic heterocycles. The fourth-order valence-corrected chi connectivity index (χ4v) is 3.71. The van der Waals surface area contributed by atoms with Crippen LogP contribution in [0.2, 0.25) is 0 Å². The number of thiophene rings is 1. The number of rotatable bonds is 5. The van der Waals surface area contributed by atoms with Crippen LogP contribution in [0.5, 0.6) is 0 Å². The van der Waals surface area contributed by atoms with Crippen molar-refractivity contribution in [2.75, 3.05) is 6.61 Å². The highest BCUT2D eigenvalue weighted by atomic mass is 32.1. The van der Waals surface area contributed by atoms with Gasteiger partial charge in [-0.05, 0) is 25.0 Å². The molecule has 0 aliphatic rings.